The van der Waals surface area contributed by atoms with E-state index in [1.807, 2.05) is 0 Å². The Morgan fingerprint density at radius 3 is 0.930 bits per heavy atom. The molecule has 71 heavy (non-hydrogen) atoms. The molecule has 0 N–H and O–H groups in total. The summed E-state index contributed by atoms with van der Waals surface area (Å²) in [5, 5.41) is 0. The SMILES string of the molecule is CC/C=C\C/C=C\C/C=C\C/C=C\C/C=C\C/C=C\C/C=C\CCCCCC(=O)OCC(COC(=O)CCCCCCC/C=C\C/C=C\CCC)OC(=O)CCCCCCCCCCCCCCCCC. The fourth-order valence-corrected chi connectivity index (χ4v) is 7.87. The third-order valence-corrected chi connectivity index (χ3v) is 12.2. The van der Waals surface area contributed by atoms with Crippen LogP contribution in [-0.4, -0.2) is 37.2 Å². The standard InChI is InChI=1S/C65H108O6/c1-4-7-10-13-16-19-22-25-27-28-29-30-31-32-33-34-35-36-38-40-43-46-49-52-55-58-64(67)70-61-62(60-69-63(66)57-54-51-48-45-42-39-24-21-18-15-12-9-6-3)71-65(68)59-56-53-50-47-44-41-37-26-23-20-17-14-11-8-5-2/h7,10,12,15-16,19,21,24-25,27,29-30,32-33,35-36,40,43,62H,4-6,8-9,11,13-14,17-18,20,22-23,26,28,31,34,37-39,41-42,44-61H2,1-3H3/b10-7-,15-12-,19-16-,24-21-,27-25-,30-29-,33-32-,36-35-,43-40-. The van der Waals surface area contributed by atoms with Crippen LogP contribution < -0.4 is 0 Å². The fraction of sp³-hybridized carbons (Fsp3) is 0.677. The predicted molar refractivity (Wildman–Crippen MR) is 307 cm³/mol. The Morgan fingerprint density at radius 1 is 0.296 bits per heavy atom. The van der Waals surface area contributed by atoms with Crippen LogP contribution in [0.25, 0.3) is 0 Å². The topological polar surface area (TPSA) is 78.9 Å². The molecule has 0 fully saturated rings. The van der Waals surface area contributed by atoms with Gasteiger partial charge in [-0.25, -0.2) is 0 Å². The molecular weight excluding hydrogens is 877 g/mol. The third kappa shape index (κ3) is 56.9. The molecule has 1 atom stereocenters. The van der Waals surface area contributed by atoms with Crippen molar-refractivity contribution in [2.45, 2.75) is 271 Å². The van der Waals surface area contributed by atoms with Gasteiger partial charge in [0.1, 0.15) is 13.2 Å². The maximum atomic E-state index is 12.9. The maximum absolute atomic E-state index is 12.9. The Labute approximate surface area is 438 Å². The van der Waals surface area contributed by atoms with Crippen LogP contribution in [0, 0.1) is 0 Å². The fourth-order valence-electron chi connectivity index (χ4n) is 7.87. The van der Waals surface area contributed by atoms with Crippen LogP contribution in [0.4, 0.5) is 0 Å². The molecule has 0 spiro atoms. The monoisotopic (exact) mass is 985 g/mol. The van der Waals surface area contributed by atoms with E-state index in [1.54, 1.807) is 0 Å². The van der Waals surface area contributed by atoms with Crippen LogP contribution in [0.2, 0.25) is 0 Å². The molecule has 1 unspecified atom stereocenters. The van der Waals surface area contributed by atoms with E-state index in [0.717, 1.165) is 141 Å². The Hall–Kier alpha value is -3.93. The lowest BCUT2D eigenvalue weighted by atomic mass is 10.0. The van der Waals surface area contributed by atoms with Gasteiger partial charge in [-0.2, -0.15) is 0 Å². The number of allylic oxidation sites excluding steroid dienone is 18. The van der Waals surface area contributed by atoms with Gasteiger partial charge < -0.3 is 14.2 Å². The second-order valence-electron chi connectivity index (χ2n) is 19.2. The van der Waals surface area contributed by atoms with Crippen LogP contribution in [0.15, 0.2) is 109 Å². The van der Waals surface area contributed by atoms with E-state index in [-0.39, 0.29) is 31.1 Å². The largest absolute Gasteiger partial charge is 0.462 e. The van der Waals surface area contributed by atoms with E-state index in [0.29, 0.717) is 19.3 Å². The normalized spacial score (nSPS) is 12.9. The first-order valence-electron chi connectivity index (χ1n) is 29.4. The highest BCUT2D eigenvalue weighted by molar-refractivity contribution is 5.71. The summed E-state index contributed by atoms with van der Waals surface area (Å²) >= 11 is 0. The number of esters is 3. The molecule has 0 rings (SSSR count). The second kappa shape index (κ2) is 58.6. The van der Waals surface area contributed by atoms with Crippen molar-refractivity contribution in [3.8, 4) is 0 Å². The molecule has 0 saturated heterocycles. The van der Waals surface area contributed by atoms with Gasteiger partial charge in [0, 0.05) is 19.3 Å². The van der Waals surface area contributed by atoms with Gasteiger partial charge in [-0.05, 0) is 103 Å². The van der Waals surface area contributed by atoms with Crippen molar-refractivity contribution in [1.29, 1.82) is 0 Å². The van der Waals surface area contributed by atoms with E-state index < -0.39 is 6.10 Å². The van der Waals surface area contributed by atoms with Gasteiger partial charge in [0.15, 0.2) is 6.10 Å². The molecule has 404 valence electrons. The molecule has 0 radical (unpaired) electrons. The molecule has 0 aliphatic heterocycles. The highest BCUT2D eigenvalue weighted by Crippen LogP contribution is 2.15. The van der Waals surface area contributed by atoms with E-state index in [4.69, 9.17) is 14.2 Å². The van der Waals surface area contributed by atoms with E-state index in [1.165, 1.54) is 83.5 Å². The van der Waals surface area contributed by atoms with Crippen LogP contribution in [0.1, 0.15) is 265 Å². The van der Waals surface area contributed by atoms with Crippen molar-refractivity contribution in [2.75, 3.05) is 13.2 Å². The molecule has 0 amide bonds. The summed E-state index contributed by atoms with van der Waals surface area (Å²) in [7, 11) is 0. The number of rotatable bonds is 52. The number of ether oxygens (including phenoxy) is 3. The summed E-state index contributed by atoms with van der Waals surface area (Å²) in [6, 6.07) is 0. The number of hydrogen-bond donors (Lipinski definition) is 0. The van der Waals surface area contributed by atoms with Crippen LogP contribution in [0.3, 0.4) is 0 Å². The summed E-state index contributed by atoms with van der Waals surface area (Å²) in [6.45, 7) is 6.43. The van der Waals surface area contributed by atoms with Crippen molar-refractivity contribution in [3.05, 3.63) is 109 Å². The lowest BCUT2D eigenvalue weighted by Crippen LogP contribution is -2.30. The molecule has 0 aliphatic carbocycles. The third-order valence-electron chi connectivity index (χ3n) is 12.2. The minimum atomic E-state index is -0.798. The van der Waals surface area contributed by atoms with Crippen molar-refractivity contribution >= 4 is 17.9 Å². The molecule has 0 aliphatic rings. The number of hydrogen-bond acceptors (Lipinski definition) is 6. The molecular formula is C65H108O6. The highest BCUT2D eigenvalue weighted by Gasteiger charge is 2.19. The molecule has 6 nitrogen and oxygen atoms in total. The lowest BCUT2D eigenvalue weighted by molar-refractivity contribution is -0.167. The van der Waals surface area contributed by atoms with Crippen molar-refractivity contribution in [1.82, 2.24) is 0 Å². The first-order chi connectivity index (χ1) is 35.0. The Balaban J connectivity index is 4.42. The number of carbonyl (C=O) groups is 3. The van der Waals surface area contributed by atoms with Gasteiger partial charge in [-0.3, -0.25) is 14.4 Å². The molecule has 0 saturated carbocycles. The van der Waals surface area contributed by atoms with E-state index >= 15 is 0 Å². The van der Waals surface area contributed by atoms with Gasteiger partial charge in [-0.1, -0.05) is 252 Å². The zero-order chi connectivity index (χ0) is 51.4. The number of unbranched alkanes of at least 4 members (excludes halogenated alkanes) is 23. The lowest BCUT2D eigenvalue weighted by Gasteiger charge is -2.18. The molecule has 0 aromatic rings. The Kier molecular flexibility index (Phi) is 55.4. The van der Waals surface area contributed by atoms with Gasteiger partial charge in [0.05, 0.1) is 0 Å². The highest BCUT2D eigenvalue weighted by atomic mass is 16.6. The van der Waals surface area contributed by atoms with Crippen LogP contribution >= 0.6 is 0 Å². The van der Waals surface area contributed by atoms with Gasteiger partial charge >= 0.3 is 17.9 Å². The zero-order valence-corrected chi connectivity index (χ0v) is 46.2. The van der Waals surface area contributed by atoms with Crippen molar-refractivity contribution in [2.24, 2.45) is 0 Å². The zero-order valence-electron chi connectivity index (χ0n) is 46.2. The molecule has 0 heterocycles. The van der Waals surface area contributed by atoms with E-state index in [2.05, 4.69) is 130 Å². The smallest absolute Gasteiger partial charge is 0.306 e. The maximum Gasteiger partial charge on any atom is 0.306 e. The first kappa shape index (κ1) is 67.1. The van der Waals surface area contributed by atoms with Gasteiger partial charge in [0.2, 0.25) is 0 Å². The average Bonchev–Trinajstić information content (AvgIpc) is 3.37. The quantitative estimate of drug-likeness (QED) is 0.0261. The Bertz CT molecular complexity index is 1460. The van der Waals surface area contributed by atoms with Crippen molar-refractivity contribution < 1.29 is 28.6 Å². The summed E-state index contributed by atoms with van der Waals surface area (Å²) < 4.78 is 16.8. The van der Waals surface area contributed by atoms with E-state index in [9.17, 15) is 14.4 Å². The predicted octanol–water partition coefficient (Wildman–Crippen LogP) is 19.9. The van der Waals surface area contributed by atoms with Gasteiger partial charge in [0.25, 0.3) is 0 Å². The molecule has 0 aromatic carbocycles. The average molecular weight is 986 g/mol. The van der Waals surface area contributed by atoms with Crippen LogP contribution in [0.5, 0.6) is 0 Å². The van der Waals surface area contributed by atoms with Gasteiger partial charge in [-0.15, -0.1) is 0 Å². The molecule has 0 bridgehead atoms. The Morgan fingerprint density at radius 2 is 0.577 bits per heavy atom. The summed E-state index contributed by atoms with van der Waals surface area (Å²) in [6.07, 6.45) is 79.4. The minimum absolute atomic E-state index is 0.0957. The summed E-state index contributed by atoms with van der Waals surface area (Å²) in [5.41, 5.74) is 0. The summed E-state index contributed by atoms with van der Waals surface area (Å²) in [5.74, 6) is -0.939. The molecule has 0 aromatic heterocycles. The van der Waals surface area contributed by atoms with Crippen LogP contribution in [-0.2, 0) is 28.6 Å². The first-order valence-corrected chi connectivity index (χ1v) is 29.4. The number of carbonyl (C=O) groups excluding carboxylic acids is 3. The second-order valence-corrected chi connectivity index (χ2v) is 19.2. The van der Waals surface area contributed by atoms with Crippen molar-refractivity contribution in [3.63, 3.8) is 0 Å². The summed E-state index contributed by atoms with van der Waals surface area (Å²) in [4.78, 5) is 38.1. The minimum Gasteiger partial charge on any atom is -0.462 e. The molecule has 6 heteroatoms.